The average Bonchev–Trinajstić information content (AvgIpc) is 3.03. The zero-order chi connectivity index (χ0) is 32.3. The summed E-state index contributed by atoms with van der Waals surface area (Å²) in [5.74, 6) is 0.994. The summed E-state index contributed by atoms with van der Waals surface area (Å²) in [4.78, 5) is 0. The molecule has 14 atom stereocenters. The van der Waals surface area contributed by atoms with Crippen molar-refractivity contribution in [3.05, 3.63) is 0 Å². The maximum Gasteiger partial charge on any atom is 0.137 e. The molecule has 2 aliphatic carbocycles. The molecule has 0 amide bonds. The number of aliphatic hydroxyl groups excluding tert-OH is 4. The molecular weight excluding hydrogens is 578 g/mol. The fourth-order valence-corrected chi connectivity index (χ4v) is 8.92. The molecule has 11 heteroatoms. The summed E-state index contributed by atoms with van der Waals surface area (Å²) in [6.07, 6.45) is 8.55. The Morgan fingerprint density at radius 2 is 1.62 bits per heavy atom. The fourth-order valence-electron chi connectivity index (χ4n) is 8.92. The SMILES string of the molecule is CC[NH2+]C(CCC1CC[NH2+]C(N)C1)COC1CC(C2OC(CCC3CCC(O)C(OC)C3)CC(O)C2CCO)CC(OC)C1O. The fraction of sp³-hybridized carbons (Fsp3) is 1.00. The van der Waals surface area contributed by atoms with Crippen molar-refractivity contribution in [2.45, 2.75) is 151 Å². The Morgan fingerprint density at radius 3 is 2.33 bits per heavy atom. The van der Waals surface area contributed by atoms with Crippen LogP contribution in [0.4, 0.5) is 0 Å². The summed E-state index contributed by atoms with van der Waals surface area (Å²) in [5.41, 5.74) is 6.19. The third kappa shape index (κ3) is 10.8. The van der Waals surface area contributed by atoms with E-state index in [2.05, 4.69) is 17.6 Å². The Kier molecular flexibility index (Phi) is 15.7. The highest BCUT2D eigenvalue weighted by Crippen LogP contribution is 2.42. The molecule has 264 valence electrons. The van der Waals surface area contributed by atoms with Crippen LogP contribution >= 0.6 is 0 Å². The molecule has 4 fully saturated rings. The molecule has 0 bridgehead atoms. The molecule has 45 heavy (non-hydrogen) atoms. The second kappa shape index (κ2) is 18.9. The van der Waals surface area contributed by atoms with Crippen LogP contribution in [0.5, 0.6) is 0 Å². The van der Waals surface area contributed by atoms with Crippen molar-refractivity contribution in [3.63, 3.8) is 0 Å². The summed E-state index contributed by atoms with van der Waals surface area (Å²) >= 11 is 0. The van der Waals surface area contributed by atoms with Crippen molar-refractivity contribution < 1.29 is 50.0 Å². The van der Waals surface area contributed by atoms with Gasteiger partial charge in [-0.15, -0.1) is 0 Å². The minimum absolute atomic E-state index is 0.00347. The van der Waals surface area contributed by atoms with Gasteiger partial charge in [-0.25, -0.2) is 0 Å². The highest BCUT2D eigenvalue weighted by atomic mass is 16.5. The highest BCUT2D eigenvalue weighted by molar-refractivity contribution is 4.97. The van der Waals surface area contributed by atoms with Crippen LogP contribution in [-0.4, -0.2) is 122 Å². The van der Waals surface area contributed by atoms with E-state index >= 15 is 0 Å². The molecule has 2 heterocycles. The smallest absolute Gasteiger partial charge is 0.137 e. The predicted octanol–water partition coefficient (Wildman–Crippen LogP) is -0.379. The lowest BCUT2D eigenvalue weighted by Crippen LogP contribution is -2.94. The molecule has 0 radical (unpaired) electrons. The van der Waals surface area contributed by atoms with E-state index in [1.165, 1.54) is 6.42 Å². The number of hydrogen-bond acceptors (Lipinski definition) is 9. The van der Waals surface area contributed by atoms with Gasteiger partial charge in [0.1, 0.15) is 18.3 Å². The molecule has 2 saturated heterocycles. The summed E-state index contributed by atoms with van der Waals surface area (Å²) in [7, 11) is 3.31. The van der Waals surface area contributed by atoms with Crippen molar-refractivity contribution in [2.75, 3.05) is 40.5 Å². The lowest BCUT2D eigenvalue weighted by atomic mass is 9.72. The van der Waals surface area contributed by atoms with Crippen LogP contribution in [-0.2, 0) is 18.9 Å². The van der Waals surface area contributed by atoms with Crippen LogP contribution in [0, 0.1) is 23.7 Å². The van der Waals surface area contributed by atoms with Crippen molar-refractivity contribution in [2.24, 2.45) is 29.4 Å². The predicted molar refractivity (Wildman–Crippen MR) is 170 cm³/mol. The van der Waals surface area contributed by atoms with Gasteiger partial charge in [0.15, 0.2) is 0 Å². The van der Waals surface area contributed by atoms with Gasteiger partial charge in [0, 0.05) is 39.6 Å². The maximum absolute atomic E-state index is 11.3. The van der Waals surface area contributed by atoms with Gasteiger partial charge in [-0.2, -0.15) is 0 Å². The van der Waals surface area contributed by atoms with Gasteiger partial charge in [-0.3, -0.25) is 5.73 Å². The first-order valence-corrected chi connectivity index (χ1v) is 18.2. The zero-order valence-corrected chi connectivity index (χ0v) is 28.3. The average molecular weight is 646 g/mol. The first kappa shape index (κ1) is 37.4. The van der Waals surface area contributed by atoms with Gasteiger partial charge in [0.05, 0.1) is 62.4 Å². The highest BCUT2D eigenvalue weighted by Gasteiger charge is 2.47. The zero-order valence-electron chi connectivity index (χ0n) is 28.3. The van der Waals surface area contributed by atoms with E-state index in [0.717, 1.165) is 64.5 Å². The molecule has 4 aliphatic rings. The molecule has 0 aromatic heterocycles. The summed E-state index contributed by atoms with van der Waals surface area (Å²) in [6.45, 7) is 4.82. The monoisotopic (exact) mass is 645 g/mol. The first-order chi connectivity index (χ1) is 21.8. The number of aliphatic hydroxyl groups is 4. The lowest BCUT2D eigenvalue weighted by Gasteiger charge is -2.48. The molecular formula is C34H67N3O8+2. The molecule has 14 unspecified atom stereocenters. The van der Waals surface area contributed by atoms with Crippen LogP contribution in [0.1, 0.15) is 90.4 Å². The van der Waals surface area contributed by atoms with Crippen LogP contribution < -0.4 is 16.4 Å². The summed E-state index contributed by atoms with van der Waals surface area (Å²) in [6, 6.07) is 0.323. The Labute approximate surface area is 271 Å². The number of nitrogens with two attached hydrogens (primary N) is 3. The van der Waals surface area contributed by atoms with Crippen molar-refractivity contribution in [1.29, 1.82) is 0 Å². The molecule has 2 saturated carbocycles. The van der Waals surface area contributed by atoms with Crippen molar-refractivity contribution >= 4 is 0 Å². The van der Waals surface area contributed by atoms with Gasteiger partial charge in [-0.1, -0.05) is 0 Å². The quantitative estimate of drug-likeness (QED) is 0.118. The Morgan fingerprint density at radius 1 is 0.867 bits per heavy atom. The minimum Gasteiger partial charge on any atom is -0.396 e. The van der Waals surface area contributed by atoms with Gasteiger partial charge >= 0.3 is 0 Å². The van der Waals surface area contributed by atoms with Gasteiger partial charge < -0.3 is 50.0 Å². The third-order valence-corrected chi connectivity index (χ3v) is 11.6. The van der Waals surface area contributed by atoms with E-state index in [9.17, 15) is 20.4 Å². The molecule has 0 spiro atoms. The summed E-state index contributed by atoms with van der Waals surface area (Å²) in [5, 5.41) is 47.3. The second-order valence-electron chi connectivity index (χ2n) is 14.7. The summed E-state index contributed by atoms with van der Waals surface area (Å²) < 4.78 is 24.7. The van der Waals surface area contributed by atoms with Crippen LogP contribution in [0.3, 0.4) is 0 Å². The van der Waals surface area contributed by atoms with E-state index in [4.69, 9.17) is 24.7 Å². The number of methoxy groups -OCH3 is 2. The van der Waals surface area contributed by atoms with E-state index in [0.29, 0.717) is 50.2 Å². The van der Waals surface area contributed by atoms with Crippen molar-refractivity contribution in [3.8, 4) is 0 Å². The standard InChI is InChI=1S/C34H65N3O8/c1-4-36-24(8-5-22-11-13-37-32(35)16-22)20-44-31-18-23(17-30(43-3)33(31)41)34-26(12-14-38)28(40)19-25(45-34)9-6-21-7-10-27(39)29(15-21)42-2/h21-34,36-41H,4-20,35H2,1-3H3/p+2. The van der Waals surface area contributed by atoms with E-state index < -0.39 is 18.3 Å². The Balaban J connectivity index is 1.37. The Bertz CT molecular complexity index is 828. The molecule has 4 rings (SSSR count). The van der Waals surface area contributed by atoms with Gasteiger partial charge in [0.25, 0.3) is 0 Å². The second-order valence-corrected chi connectivity index (χ2v) is 14.7. The number of hydrogen-bond donors (Lipinski definition) is 7. The number of piperidine rings is 1. The molecule has 11 nitrogen and oxygen atoms in total. The third-order valence-electron chi connectivity index (χ3n) is 11.6. The number of likely N-dealkylation sites (N-methyl/N-ethyl adjacent to an activating group) is 1. The molecule has 0 aromatic carbocycles. The van der Waals surface area contributed by atoms with Crippen LogP contribution in [0.15, 0.2) is 0 Å². The Hall–Kier alpha value is -0.440. The molecule has 0 aromatic rings. The van der Waals surface area contributed by atoms with Gasteiger partial charge in [-0.05, 0) is 95.3 Å². The number of quaternary nitrogens is 2. The van der Waals surface area contributed by atoms with E-state index in [-0.39, 0.29) is 55.1 Å². The number of ether oxygens (including phenoxy) is 4. The maximum atomic E-state index is 11.3. The number of rotatable bonds is 16. The van der Waals surface area contributed by atoms with Crippen LogP contribution in [0.2, 0.25) is 0 Å². The largest absolute Gasteiger partial charge is 0.396 e. The van der Waals surface area contributed by atoms with Crippen molar-refractivity contribution in [1.82, 2.24) is 0 Å². The molecule has 10 N–H and O–H groups in total. The van der Waals surface area contributed by atoms with E-state index in [1.807, 2.05) is 0 Å². The molecule has 2 aliphatic heterocycles. The normalized spacial score (nSPS) is 42.0. The lowest BCUT2D eigenvalue weighted by molar-refractivity contribution is -0.700. The first-order valence-electron chi connectivity index (χ1n) is 18.2. The minimum atomic E-state index is -0.726. The topological polar surface area (TPSA) is 177 Å². The van der Waals surface area contributed by atoms with Crippen LogP contribution in [0.25, 0.3) is 0 Å². The van der Waals surface area contributed by atoms with Gasteiger partial charge in [0.2, 0.25) is 0 Å². The van der Waals surface area contributed by atoms with E-state index in [1.54, 1.807) is 14.2 Å².